The second kappa shape index (κ2) is 7.12. The Morgan fingerprint density at radius 3 is 2.44 bits per heavy atom. The molecule has 1 N–H and O–H groups in total. The highest BCUT2D eigenvalue weighted by Crippen LogP contribution is 2.21. The first-order valence-corrected chi connectivity index (χ1v) is 9.11. The van der Waals surface area contributed by atoms with Crippen LogP contribution in [0, 0.1) is 12.7 Å². The average molecular weight is 360 g/mol. The van der Waals surface area contributed by atoms with Crippen LogP contribution in [-0.4, -0.2) is 23.4 Å². The normalized spacial score (nSPS) is 12.9. The fourth-order valence-electron chi connectivity index (χ4n) is 2.56. The molecule has 3 rings (SSSR count). The minimum absolute atomic E-state index is 0.0447. The second-order valence-corrected chi connectivity index (χ2v) is 7.26. The summed E-state index contributed by atoms with van der Waals surface area (Å²) in [5.74, 6) is -0.475. The van der Waals surface area contributed by atoms with E-state index in [1.807, 2.05) is 30.3 Å². The molecule has 8 heteroatoms. The molecule has 0 aliphatic carbocycles. The Morgan fingerprint density at radius 1 is 1.12 bits per heavy atom. The molecular weight excluding hydrogens is 343 g/mol. The van der Waals surface area contributed by atoms with E-state index in [9.17, 15) is 12.8 Å². The SMILES string of the molecule is Cc1cc(F)ccc1S(=O)(=O)NC(Cn1nccn1)c1ccccc1. The number of rotatable bonds is 6. The topological polar surface area (TPSA) is 76.9 Å². The van der Waals surface area contributed by atoms with Gasteiger partial charge in [0.05, 0.1) is 29.9 Å². The van der Waals surface area contributed by atoms with Crippen LogP contribution in [0.4, 0.5) is 4.39 Å². The van der Waals surface area contributed by atoms with Crippen molar-refractivity contribution in [3.63, 3.8) is 0 Å². The van der Waals surface area contributed by atoms with Gasteiger partial charge in [0.1, 0.15) is 5.82 Å². The van der Waals surface area contributed by atoms with Crippen molar-refractivity contribution in [2.24, 2.45) is 0 Å². The van der Waals surface area contributed by atoms with E-state index in [1.165, 1.54) is 29.3 Å². The van der Waals surface area contributed by atoms with Crippen molar-refractivity contribution in [2.75, 3.05) is 0 Å². The lowest BCUT2D eigenvalue weighted by molar-refractivity contribution is 0.444. The molecule has 1 unspecified atom stereocenters. The molecule has 0 saturated heterocycles. The molecule has 0 spiro atoms. The molecule has 0 aliphatic rings. The molecule has 0 bridgehead atoms. The zero-order valence-corrected chi connectivity index (χ0v) is 14.3. The van der Waals surface area contributed by atoms with Gasteiger partial charge in [0.25, 0.3) is 0 Å². The van der Waals surface area contributed by atoms with E-state index in [0.29, 0.717) is 5.56 Å². The van der Waals surface area contributed by atoms with Crippen LogP contribution in [0.25, 0.3) is 0 Å². The van der Waals surface area contributed by atoms with Gasteiger partial charge < -0.3 is 0 Å². The molecule has 6 nitrogen and oxygen atoms in total. The van der Waals surface area contributed by atoms with Crippen molar-refractivity contribution in [3.05, 3.63) is 77.9 Å². The molecule has 2 aromatic carbocycles. The maximum atomic E-state index is 13.3. The number of benzene rings is 2. The molecule has 1 heterocycles. The Hall–Kier alpha value is -2.58. The Kier molecular flexibility index (Phi) is 4.91. The molecule has 0 aliphatic heterocycles. The number of halogens is 1. The maximum Gasteiger partial charge on any atom is 0.241 e. The van der Waals surface area contributed by atoms with Crippen molar-refractivity contribution in [1.82, 2.24) is 19.7 Å². The molecule has 25 heavy (non-hydrogen) atoms. The first-order chi connectivity index (χ1) is 12.0. The summed E-state index contributed by atoms with van der Waals surface area (Å²) in [6.07, 6.45) is 3.06. The molecule has 1 atom stereocenters. The van der Waals surface area contributed by atoms with Crippen LogP contribution in [0.5, 0.6) is 0 Å². The molecule has 0 radical (unpaired) electrons. The zero-order valence-electron chi connectivity index (χ0n) is 13.5. The summed E-state index contributed by atoms with van der Waals surface area (Å²) in [7, 11) is -3.84. The molecule has 0 amide bonds. The van der Waals surface area contributed by atoms with Gasteiger partial charge in [-0.05, 0) is 36.2 Å². The van der Waals surface area contributed by atoms with E-state index in [1.54, 1.807) is 6.92 Å². The fourth-order valence-corrected chi connectivity index (χ4v) is 4.00. The van der Waals surface area contributed by atoms with E-state index in [4.69, 9.17) is 0 Å². The van der Waals surface area contributed by atoms with Gasteiger partial charge >= 0.3 is 0 Å². The van der Waals surface area contributed by atoms with Crippen LogP contribution in [-0.2, 0) is 16.6 Å². The van der Waals surface area contributed by atoms with Gasteiger partial charge in [0, 0.05) is 0 Å². The van der Waals surface area contributed by atoms with Crippen molar-refractivity contribution >= 4 is 10.0 Å². The first kappa shape index (κ1) is 17.2. The third kappa shape index (κ3) is 4.09. The molecule has 130 valence electrons. The van der Waals surface area contributed by atoms with E-state index < -0.39 is 21.9 Å². The van der Waals surface area contributed by atoms with Crippen LogP contribution in [0.1, 0.15) is 17.2 Å². The highest BCUT2D eigenvalue weighted by Gasteiger charge is 2.24. The summed E-state index contributed by atoms with van der Waals surface area (Å²) >= 11 is 0. The van der Waals surface area contributed by atoms with Gasteiger partial charge in [-0.3, -0.25) is 0 Å². The van der Waals surface area contributed by atoms with Gasteiger partial charge in [0.15, 0.2) is 0 Å². The minimum Gasteiger partial charge on any atom is -0.207 e. The van der Waals surface area contributed by atoms with Crippen molar-refractivity contribution in [2.45, 2.75) is 24.4 Å². The first-order valence-electron chi connectivity index (χ1n) is 7.63. The minimum atomic E-state index is -3.84. The Labute approximate surface area is 145 Å². The van der Waals surface area contributed by atoms with Crippen LogP contribution in [0.3, 0.4) is 0 Å². The number of nitrogens with zero attached hydrogens (tertiary/aromatic N) is 3. The van der Waals surface area contributed by atoms with Gasteiger partial charge in [-0.2, -0.15) is 15.0 Å². The molecule has 3 aromatic rings. The number of hydrogen-bond acceptors (Lipinski definition) is 4. The summed E-state index contributed by atoms with van der Waals surface area (Å²) in [5.41, 5.74) is 1.12. The Bertz CT molecular complexity index is 944. The summed E-state index contributed by atoms with van der Waals surface area (Å²) in [5, 5.41) is 8.07. The Morgan fingerprint density at radius 2 is 1.80 bits per heavy atom. The van der Waals surface area contributed by atoms with Gasteiger partial charge in [-0.1, -0.05) is 30.3 Å². The standard InChI is InChI=1S/C17H17FN4O2S/c1-13-11-15(18)7-8-17(13)25(23,24)21-16(12-22-19-9-10-20-22)14-5-3-2-4-6-14/h2-11,16,21H,12H2,1H3. The highest BCUT2D eigenvalue weighted by atomic mass is 32.2. The fraction of sp³-hybridized carbons (Fsp3) is 0.176. The van der Waals surface area contributed by atoms with Crippen LogP contribution >= 0.6 is 0 Å². The van der Waals surface area contributed by atoms with Gasteiger partial charge in [-0.25, -0.2) is 17.5 Å². The van der Waals surface area contributed by atoms with Crippen LogP contribution in [0.15, 0.2) is 65.8 Å². The summed E-state index contributed by atoms with van der Waals surface area (Å²) < 4.78 is 41.5. The number of aromatic nitrogens is 3. The number of sulfonamides is 1. The van der Waals surface area contributed by atoms with E-state index in [2.05, 4.69) is 14.9 Å². The second-order valence-electron chi connectivity index (χ2n) is 5.58. The monoisotopic (exact) mass is 360 g/mol. The maximum absolute atomic E-state index is 13.3. The quantitative estimate of drug-likeness (QED) is 0.732. The summed E-state index contributed by atoms with van der Waals surface area (Å²) in [6, 6.07) is 12.2. The predicted octanol–water partition coefficient (Wildman–Crippen LogP) is 2.45. The average Bonchev–Trinajstić information content (AvgIpc) is 3.07. The van der Waals surface area contributed by atoms with E-state index in [0.717, 1.165) is 11.6 Å². The van der Waals surface area contributed by atoms with Gasteiger partial charge in [-0.15, -0.1) is 0 Å². The van der Waals surface area contributed by atoms with Gasteiger partial charge in [0.2, 0.25) is 10.0 Å². The third-order valence-corrected chi connectivity index (χ3v) is 5.37. The largest absolute Gasteiger partial charge is 0.241 e. The van der Waals surface area contributed by atoms with Crippen molar-refractivity contribution < 1.29 is 12.8 Å². The number of hydrogen-bond donors (Lipinski definition) is 1. The smallest absolute Gasteiger partial charge is 0.207 e. The lowest BCUT2D eigenvalue weighted by atomic mass is 10.1. The zero-order chi connectivity index (χ0) is 17.9. The van der Waals surface area contributed by atoms with Crippen LogP contribution < -0.4 is 4.72 Å². The third-order valence-electron chi connectivity index (χ3n) is 3.74. The van der Waals surface area contributed by atoms with E-state index >= 15 is 0 Å². The lowest BCUT2D eigenvalue weighted by Gasteiger charge is -2.19. The molecule has 0 fully saturated rings. The lowest BCUT2D eigenvalue weighted by Crippen LogP contribution is -2.32. The molecular formula is C17H17FN4O2S. The summed E-state index contributed by atoms with van der Waals surface area (Å²) in [4.78, 5) is 1.46. The van der Waals surface area contributed by atoms with Crippen molar-refractivity contribution in [3.8, 4) is 0 Å². The summed E-state index contributed by atoms with van der Waals surface area (Å²) in [6.45, 7) is 1.79. The number of aryl methyl sites for hydroxylation is 1. The molecule has 1 aromatic heterocycles. The molecule has 0 saturated carbocycles. The Balaban J connectivity index is 1.93. The predicted molar refractivity (Wildman–Crippen MR) is 90.7 cm³/mol. The number of nitrogens with one attached hydrogen (secondary N) is 1. The van der Waals surface area contributed by atoms with E-state index in [-0.39, 0.29) is 11.4 Å². The van der Waals surface area contributed by atoms with Crippen LogP contribution in [0.2, 0.25) is 0 Å². The highest BCUT2D eigenvalue weighted by molar-refractivity contribution is 7.89. The van der Waals surface area contributed by atoms with Crippen molar-refractivity contribution in [1.29, 1.82) is 0 Å².